The van der Waals surface area contributed by atoms with Crippen molar-refractivity contribution in [2.45, 2.75) is 119 Å². The summed E-state index contributed by atoms with van der Waals surface area (Å²) in [4.78, 5) is 23.7. The Morgan fingerprint density at radius 2 is 1.54 bits per heavy atom. The molecule has 0 aromatic heterocycles. The van der Waals surface area contributed by atoms with Crippen LogP contribution in [0.3, 0.4) is 0 Å². The van der Waals surface area contributed by atoms with E-state index >= 15 is 0 Å². The molecule has 0 amide bonds. The third-order valence-corrected chi connectivity index (χ3v) is 13.7. The molecule has 196 valence electrons. The van der Waals surface area contributed by atoms with Crippen LogP contribution in [-0.2, 0) is 14.3 Å². The van der Waals surface area contributed by atoms with Gasteiger partial charge >= 0.3 is 5.97 Å². The molecule has 0 spiro atoms. The van der Waals surface area contributed by atoms with Crippen molar-refractivity contribution < 1.29 is 14.3 Å². The highest BCUT2D eigenvalue weighted by Crippen LogP contribution is 2.77. The maximum absolute atomic E-state index is 11.9. The van der Waals surface area contributed by atoms with Gasteiger partial charge in [0, 0.05) is 12.3 Å². The van der Waals surface area contributed by atoms with Crippen LogP contribution in [0.1, 0.15) is 113 Å². The number of aldehydes is 1. The molecule has 0 bridgehead atoms. The summed E-state index contributed by atoms with van der Waals surface area (Å²) in [5.41, 5.74) is 2.18. The van der Waals surface area contributed by atoms with Gasteiger partial charge in [-0.05, 0) is 121 Å². The molecule has 5 aliphatic carbocycles. The molecular weight excluding hydrogens is 432 g/mol. The first-order valence-corrected chi connectivity index (χ1v) is 14.6. The zero-order valence-corrected chi connectivity index (χ0v) is 23.5. The molecule has 3 heteroatoms. The second kappa shape index (κ2) is 7.94. The largest absolute Gasteiger partial charge is 0.462 e. The van der Waals surface area contributed by atoms with Crippen molar-refractivity contribution in [1.29, 1.82) is 0 Å². The molecule has 2 unspecified atom stereocenters. The van der Waals surface area contributed by atoms with Gasteiger partial charge < -0.3 is 4.74 Å². The summed E-state index contributed by atoms with van der Waals surface area (Å²) in [6, 6.07) is 0. The van der Waals surface area contributed by atoms with Gasteiger partial charge in [0.2, 0.25) is 0 Å². The van der Waals surface area contributed by atoms with E-state index in [2.05, 4.69) is 48.1 Å². The normalized spacial score (nSPS) is 52.3. The third kappa shape index (κ3) is 3.27. The van der Waals surface area contributed by atoms with E-state index in [0.717, 1.165) is 24.7 Å². The lowest BCUT2D eigenvalue weighted by molar-refractivity contribution is -0.248. The molecule has 0 saturated heterocycles. The topological polar surface area (TPSA) is 43.4 Å². The lowest BCUT2D eigenvalue weighted by Crippen LogP contribution is -2.66. The van der Waals surface area contributed by atoms with E-state index in [0.29, 0.717) is 51.2 Å². The quantitative estimate of drug-likeness (QED) is 0.234. The van der Waals surface area contributed by atoms with Crippen LogP contribution in [-0.4, -0.2) is 18.4 Å². The van der Waals surface area contributed by atoms with E-state index < -0.39 is 0 Å². The molecule has 5 saturated carbocycles. The highest BCUT2D eigenvalue weighted by Gasteiger charge is 2.70. The summed E-state index contributed by atoms with van der Waals surface area (Å²) in [7, 11) is 0. The first kappa shape index (κ1) is 25.5. The maximum Gasteiger partial charge on any atom is 0.302 e. The number of rotatable bonds is 3. The van der Waals surface area contributed by atoms with Gasteiger partial charge in [-0.25, -0.2) is 0 Å². The molecular formula is C32H50O3. The molecule has 35 heavy (non-hydrogen) atoms. The fourth-order valence-electron chi connectivity index (χ4n) is 11.8. The SMILES string of the molecule is C=C(C=O)[C@@H]1CC[C@]2(C)CC[C@]3(C)[C@H](CCC4[C@@]5(C)CC[C@H](OC(C)=O)C(C)(C)C5CC[C@]43C)[C@@H]12. The number of carbonyl (C=O) groups excluding carboxylic acids is 2. The number of fused-ring (bicyclic) bond motifs is 7. The van der Waals surface area contributed by atoms with Crippen molar-refractivity contribution >= 4 is 12.3 Å². The third-order valence-electron chi connectivity index (χ3n) is 13.7. The highest BCUT2D eigenvalue weighted by molar-refractivity contribution is 5.73. The standard InChI is InChI=1S/C32H50O3/c1-20(19-33)22-11-14-29(5)17-18-31(7)23(27(22)29)9-10-25-30(6)15-13-26(35-21(2)34)28(3,4)24(30)12-16-32(25,31)8/h19,22-27H,1,9-18H2,2-8H3/t22-,23+,24?,25?,26-,27+,29+,30-,31+,32+/m0/s1. The lowest BCUT2D eigenvalue weighted by Gasteiger charge is -2.73. The maximum atomic E-state index is 11.9. The number of ether oxygens (including phenoxy) is 1. The summed E-state index contributed by atoms with van der Waals surface area (Å²) < 4.78 is 5.89. The van der Waals surface area contributed by atoms with Crippen molar-refractivity contribution in [1.82, 2.24) is 0 Å². The summed E-state index contributed by atoms with van der Waals surface area (Å²) in [5, 5.41) is 0. The zero-order chi connectivity index (χ0) is 25.6. The average Bonchev–Trinajstić information content (AvgIpc) is 3.13. The molecule has 0 aromatic carbocycles. The van der Waals surface area contributed by atoms with Gasteiger partial charge in [0.25, 0.3) is 0 Å². The summed E-state index contributed by atoms with van der Waals surface area (Å²) in [6.07, 6.45) is 13.4. The Kier molecular flexibility index (Phi) is 5.79. The smallest absolute Gasteiger partial charge is 0.302 e. The lowest BCUT2D eigenvalue weighted by atomic mass is 9.32. The molecule has 10 atom stereocenters. The van der Waals surface area contributed by atoms with E-state index in [9.17, 15) is 9.59 Å². The molecule has 5 rings (SSSR count). The van der Waals surface area contributed by atoms with Crippen molar-refractivity contribution in [2.24, 2.45) is 56.7 Å². The summed E-state index contributed by atoms with van der Waals surface area (Å²) in [5.74, 6) is 2.86. The van der Waals surface area contributed by atoms with Gasteiger partial charge in [-0.2, -0.15) is 0 Å². The summed E-state index contributed by atoms with van der Waals surface area (Å²) in [6.45, 7) is 21.0. The number of carbonyl (C=O) groups is 2. The fourth-order valence-corrected chi connectivity index (χ4v) is 11.8. The predicted octanol–water partition coefficient (Wildman–Crippen LogP) is 7.77. The second-order valence-electron chi connectivity index (χ2n) is 15.1. The Labute approximate surface area is 214 Å². The van der Waals surface area contributed by atoms with Crippen LogP contribution < -0.4 is 0 Å². The van der Waals surface area contributed by atoms with E-state index in [1.54, 1.807) is 6.92 Å². The van der Waals surface area contributed by atoms with Crippen molar-refractivity contribution in [3.8, 4) is 0 Å². The molecule has 5 fully saturated rings. The minimum atomic E-state index is -0.131. The molecule has 5 aliphatic rings. The Bertz CT molecular complexity index is 920. The van der Waals surface area contributed by atoms with Gasteiger partial charge in [-0.3, -0.25) is 9.59 Å². The van der Waals surface area contributed by atoms with Crippen LogP contribution in [0.5, 0.6) is 0 Å². The zero-order valence-electron chi connectivity index (χ0n) is 23.5. The monoisotopic (exact) mass is 482 g/mol. The van der Waals surface area contributed by atoms with Crippen molar-refractivity contribution in [3.05, 3.63) is 12.2 Å². The Balaban J connectivity index is 1.50. The van der Waals surface area contributed by atoms with E-state index in [4.69, 9.17) is 4.74 Å². The number of allylic oxidation sites excluding steroid dienone is 1. The van der Waals surface area contributed by atoms with E-state index in [1.165, 1.54) is 51.4 Å². The van der Waals surface area contributed by atoms with E-state index in [1.807, 2.05) is 0 Å². The molecule has 0 aliphatic heterocycles. The number of hydrogen-bond donors (Lipinski definition) is 0. The Morgan fingerprint density at radius 3 is 2.20 bits per heavy atom. The van der Waals surface area contributed by atoms with Gasteiger partial charge in [0.1, 0.15) is 12.4 Å². The molecule has 0 aromatic rings. The van der Waals surface area contributed by atoms with Gasteiger partial charge in [0.05, 0.1) is 0 Å². The first-order chi connectivity index (χ1) is 16.2. The minimum Gasteiger partial charge on any atom is -0.462 e. The predicted molar refractivity (Wildman–Crippen MR) is 141 cm³/mol. The molecule has 3 nitrogen and oxygen atoms in total. The molecule has 0 N–H and O–H groups in total. The number of esters is 1. The van der Waals surface area contributed by atoms with Crippen LogP contribution in [0.4, 0.5) is 0 Å². The van der Waals surface area contributed by atoms with E-state index in [-0.39, 0.29) is 17.5 Å². The minimum absolute atomic E-state index is 0.0150. The van der Waals surface area contributed by atoms with Crippen LogP contribution in [0, 0.1) is 56.7 Å². The Morgan fingerprint density at radius 1 is 0.829 bits per heavy atom. The second-order valence-corrected chi connectivity index (χ2v) is 15.1. The van der Waals surface area contributed by atoms with Crippen LogP contribution in [0.15, 0.2) is 12.2 Å². The van der Waals surface area contributed by atoms with Gasteiger partial charge in [-0.15, -0.1) is 0 Å². The first-order valence-electron chi connectivity index (χ1n) is 14.6. The highest BCUT2D eigenvalue weighted by atomic mass is 16.5. The number of hydrogen-bond acceptors (Lipinski definition) is 3. The van der Waals surface area contributed by atoms with Crippen molar-refractivity contribution in [3.63, 3.8) is 0 Å². The summed E-state index contributed by atoms with van der Waals surface area (Å²) >= 11 is 0. The average molecular weight is 483 g/mol. The van der Waals surface area contributed by atoms with Crippen LogP contribution >= 0.6 is 0 Å². The van der Waals surface area contributed by atoms with Crippen LogP contribution in [0.2, 0.25) is 0 Å². The Hall–Kier alpha value is -1.12. The van der Waals surface area contributed by atoms with Gasteiger partial charge in [-0.1, -0.05) is 48.1 Å². The van der Waals surface area contributed by atoms with Crippen molar-refractivity contribution in [2.75, 3.05) is 0 Å². The fraction of sp³-hybridized carbons (Fsp3) is 0.875. The van der Waals surface area contributed by atoms with Crippen LogP contribution in [0.25, 0.3) is 0 Å². The molecule has 0 heterocycles. The molecule has 0 radical (unpaired) electrons. The van der Waals surface area contributed by atoms with Gasteiger partial charge in [0.15, 0.2) is 0 Å².